The second-order valence-electron chi connectivity index (χ2n) is 3.67. The summed E-state index contributed by atoms with van der Waals surface area (Å²) in [7, 11) is 0. The van der Waals surface area contributed by atoms with Gasteiger partial charge in [-0.1, -0.05) is 28.1 Å². The highest BCUT2D eigenvalue weighted by Crippen LogP contribution is 2.27. The van der Waals surface area contributed by atoms with E-state index < -0.39 is 11.6 Å². The first kappa shape index (κ1) is 12.2. The van der Waals surface area contributed by atoms with Gasteiger partial charge in [-0.2, -0.15) is 0 Å². The molecule has 0 saturated carbocycles. The standard InChI is InChI=1S/C13H10BrF2N/c14-11(9-4-6-17-7-5-9)8-10-2-1-3-12(15)13(10)16/h1-7,11H,8H2. The molecule has 1 aromatic carbocycles. The molecule has 0 aliphatic heterocycles. The van der Waals surface area contributed by atoms with Crippen LogP contribution in [0.15, 0.2) is 42.7 Å². The van der Waals surface area contributed by atoms with Gasteiger partial charge in [0.1, 0.15) is 0 Å². The molecule has 0 aliphatic rings. The van der Waals surface area contributed by atoms with Crippen LogP contribution in [0.1, 0.15) is 16.0 Å². The van der Waals surface area contributed by atoms with Gasteiger partial charge in [-0.3, -0.25) is 4.98 Å². The Morgan fingerprint density at radius 3 is 2.53 bits per heavy atom. The topological polar surface area (TPSA) is 12.9 Å². The molecule has 1 heterocycles. The molecule has 17 heavy (non-hydrogen) atoms. The maximum absolute atomic E-state index is 13.5. The maximum Gasteiger partial charge on any atom is 0.162 e. The van der Waals surface area contributed by atoms with E-state index in [0.29, 0.717) is 12.0 Å². The molecule has 0 saturated heterocycles. The summed E-state index contributed by atoms with van der Waals surface area (Å²) in [5.74, 6) is -1.58. The van der Waals surface area contributed by atoms with Gasteiger partial charge in [0.2, 0.25) is 0 Å². The smallest absolute Gasteiger partial charge is 0.162 e. The summed E-state index contributed by atoms with van der Waals surface area (Å²) in [6.45, 7) is 0. The lowest BCUT2D eigenvalue weighted by molar-refractivity contribution is 0.498. The van der Waals surface area contributed by atoms with Crippen molar-refractivity contribution >= 4 is 15.9 Å². The van der Waals surface area contributed by atoms with Crippen LogP contribution in [0.3, 0.4) is 0 Å². The Hall–Kier alpha value is -1.29. The summed E-state index contributed by atoms with van der Waals surface area (Å²) in [4.78, 5) is 3.86. The van der Waals surface area contributed by atoms with Gasteiger partial charge in [-0.25, -0.2) is 8.78 Å². The molecule has 0 aliphatic carbocycles. The lowest BCUT2D eigenvalue weighted by Gasteiger charge is -2.10. The van der Waals surface area contributed by atoms with E-state index in [2.05, 4.69) is 20.9 Å². The van der Waals surface area contributed by atoms with Crippen LogP contribution in [0.5, 0.6) is 0 Å². The summed E-state index contributed by atoms with van der Waals surface area (Å²) in [6, 6.07) is 7.91. The average Bonchev–Trinajstić information content (AvgIpc) is 2.36. The van der Waals surface area contributed by atoms with Gasteiger partial charge in [0.25, 0.3) is 0 Å². The molecule has 1 atom stereocenters. The van der Waals surface area contributed by atoms with Crippen molar-refractivity contribution in [1.82, 2.24) is 4.98 Å². The van der Waals surface area contributed by atoms with Crippen molar-refractivity contribution in [2.75, 3.05) is 0 Å². The van der Waals surface area contributed by atoms with Crippen LogP contribution in [-0.4, -0.2) is 4.98 Å². The van der Waals surface area contributed by atoms with E-state index in [0.717, 1.165) is 11.6 Å². The number of aromatic nitrogens is 1. The molecular formula is C13H10BrF2N. The van der Waals surface area contributed by atoms with Crippen molar-refractivity contribution < 1.29 is 8.78 Å². The highest BCUT2D eigenvalue weighted by Gasteiger charge is 2.13. The average molecular weight is 298 g/mol. The Labute approximate surface area is 107 Å². The van der Waals surface area contributed by atoms with E-state index in [4.69, 9.17) is 0 Å². The molecule has 0 amide bonds. The number of pyridine rings is 1. The molecule has 1 nitrogen and oxygen atoms in total. The van der Waals surface area contributed by atoms with Gasteiger partial charge in [0, 0.05) is 17.2 Å². The van der Waals surface area contributed by atoms with E-state index in [-0.39, 0.29) is 4.83 Å². The molecule has 0 radical (unpaired) electrons. The first-order valence-corrected chi connectivity index (χ1v) is 6.07. The number of alkyl halides is 1. The first-order valence-electron chi connectivity index (χ1n) is 5.15. The van der Waals surface area contributed by atoms with Crippen LogP contribution < -0.4 is 0 Å². The zero-order chi connectivity index (χ0) is 12.3. The van der Waals surface area contributed by atoms with Gasteiger partial charge in [0.15, 0.2) is 11.6 Å². The van der Waals surface area contributed by atoms with E-state index in [1.807, 2.05) is 12.1 Å². The summed E-state index contributed by atoms with van der Waals surface area (Å²) in [5.41, 5.74) is 1.35. The summed E-state index contributed by atoms with van der Waals surface area (Å²) in [6.07, 6.45) is 3.74. The van der Waals surface area contributed by atoms with Crippen LogP contribution in [-0.2, 0) is 6.42 Å². The van der Waals surface area contributed by atoms with Gasteiger partial charge in [-0.05, 0) is 35.7 Å². The predicted molar refractivity (Wildman–Crippen MR) is 66.0 cm³/mol. The summed E-state index contributed by atoms with van der Waals surface area (Å²) < 4.78 is 26.5. The van der Waals surface area contributed by atoms with Crippen molar-refractivity contribution in [2.45, 2.75) is 11.2 Å². The second kappa shape index (κ2) is 5.36. The third-order valence-corrected chi connectivity index (χ3v) is 3.35. The van der Waals surface area contributed by atoms with E-state index >= 15 is 0 Å². The van der Waals surface area contributed by atoms with E-state index in [1.165, 1.54) is 6.07 Å². The zero-order valence-corrected chi connectivity index (χ0v) is 10.5. The summed E-state index contributed by atoms with van der Waals surface area (Å²) in [5, 5.41) is 0. The molecule has 1 unspecified atom stereocenters. The number of hydrogen-bond donors (Lipinski definition) is 0. The minimum absolute atomic E-state index is 0.0539. The van der Waals surface area contributed by atoms with Crippen molar-refractivity contribution in [3.63, 3.8) is 0 Å². The van der Waals surface area contributed by atoms with Crippen LogP contribution in [0.2, 0.25) is 0 Å². The molecule has 1 aromatic heterocycles. The molecule has 0 N–H and O–H groups in total. The largest absolute Gasteiger partial charge is 0.265 e. The third-order valence-electron chi connectivity index (χ3n) is 2.50. The SMILES string of the molecule is Fc1cccc(CC(Br)c2ccncc2)c1F. The van der Waals surface area contributed by atoms with Gasteiger partial charge in [0.05, 0.1) is 0 Å². The highest BCUT2D eigenvalue weighted by molar-refractivity contribution is 9.09. The molecule has 4 heteroatoms. The normalized spacial score (nSPS) is 12.4. The van der Waals surface area contributed by atoms with Gasteiger partial charge < -0.3 is 0 Å². The van der Waals surface area contributed by atoms with Crippen LogP contribution in [0.4, 0.5) is 8.78 Å². The minimum Gasteiger partial charge on any atom is -0.265 e. The lowest BCUT2D eigenvalue weighted by Crippen LogP contribution is -2.00. The number of halogens is 3. The predicted octanol–water partition coefficient (Wildman–Crippen LogP) is 4.04. The number of benzene rings is 1. The van der Waals surface area contributed by atoms with Gasteiger partial charge >= 0.3 is 0 Å². The zero-order valence-electron chi connectivity index (χ0n) is 8.91. The Balaban J connectivity index is 2.19. The fourth-order valence-corrected chi connectivity index (χ4v) is 2.24. The number of rotatable bonds is 3. The quantitative estimate of drug-likeness (QED) is 0.779. The number of hydrogen-bond acceptors (Lipinski definition) is 1. The lowest BCUT2D eigenvalue weighted by atomic mass is 10.0. The van der Waals surface area contributed by atoms with Crippen LogP contribution in [0, 0.1) is 11.6 Å². The highest BCUT2D eigenvalue weighted by atomic mass is 79.9. The Bertz CT molecular complexity index is 502. The Kier molecular flexibility index (Phi) is 3.84. The summed E-state index contributed by atoms with van der Waals surface area (Å²) >= 11 is 3.46. The van der Waals surface area contributed by atoms with Crippen LogP contribution >= 0.6 is 15.9 Å². The number of nitrogens with zero attached hydrogens (tertiary/aromatic N) is 1. The maximum atomic E-state index is 13.5. The van der Waals surface area contributed by atoms with E-state index in [1.54, 1.807) is 18.5 Å². The fraction of sp³-hybridized carbons (Fsp3) is 0.154. The third kappa shape index (κ3) is 2.88. The Morgan fingerprint density at radius 1 is 1.12 bits per heavy atom. The van der Waals surface area contributed by atoms with Crippen molar-refractivity contribution in [3.8, 4) is 0 Å². The second-order valence-corrected chi connectivity index (χ2v) is 4.77. The molecule has 0 spiro atoms. The molecular weight excluding hydrogens is 288 g/mol. The van der Waals surface area contributed by atoms with E-state index in [9.17, 15) is 8.78 Å². The van der Waals surface area contributed by atoms with Crippen molar-refractivity contribution in [1.29, 1.82) is 0 Å². The molecule has 2 aromatic rings. The molecule has 88 valence electrons. The first-order chi connectivity index (χ1) is 8.18. The fourth-order valence-electron chi connectivity index (χ4n) is 1.59. The van der Waals surface area contributed by atoms with Crippen LogP contribution in [0.25, 0.3) is 0 Å². The van der Waals surface area contributed by atoms with Gasteiger partial charge in [-0.15, -0.1) is 0 Å². The monoisotopic (exact) mass is 297 g/mol. The minimum atomic E-state index is -0.808. The van der Waals surface area contributed by atoms with Crippen molar-refractivity contribution in [2.24, 2.45) is 0 Å². The molecule has 2 rings (SSSR count). The Morgan fingerprint density at radius 2 is 1.82 bits per heavy atom. The molecule has 0 fully saturated rings. The van der Waals surface area contributed by atoms with Crippen molar-refractivity contribution in [3.05, 3.63) is 65.5 Å². The molecule has 0 bridgehead atoms.